The summed E-state index contributed by atoms with van der Waals surface area (Å²) in [6.45, 7) is 7.06. The third-order valence-corrected chi connectivity index (χ3v) is 7.60. The number of rotatable bonds is 17. The minimum Gasteiger partial charge on any atom is -0.377 e. The number of benzene rings is 2. The first-order valence-corrected chi connectivity index (χ1v) is 15.9. The highest BCUT2D eigenvalue weighted by Crippen LogP contribution is 2.27. The van der Waals surface area contributed by atoms with E-state index in [1.54, 1.807) is 0 Å². The normalized spacial score (nSPS) is 10.8. The van der Waals surface area contributed by atoms with Crippen molar-refractivity contribution in [3.8, 4) is 58.3 Å². The highest BCUT2D eigenvalue weighted by molar-refractivity contribution is 5.70. The number of hydrogen-bond acceptors (Lipinski definition) is 4. The van der Waals surface area contributed by atoms with Gasteiger partial charge in [-0.1, -0.05) is 76.3 Å². The summed E-state index contributed by atoms with van der Waals surface area (Å²) in [5.74, 6) is 5.56. The molecule has 2 aromatic heterocycles. The van der Waals surface area contributed by atoms with Crippen LogP contribution in [0.15, 0.2) is 73.1 Å². The second kappa shape index (κ2) is 17.8. The summed E-state index contributed by atoms with van der Waals surface area (Å²) < 4.78 is 11.8. The number of unbranched alkanes of at least 4 members (excludes halogenated alkanes) is 6. The summed E-state index contributed by atoms with van der Waals surface area (Å²) in [4.78, 5) is 9.46. The number of nitrogens with zero attached hydrogens (tertiary/aromatic N) is 2. The lowest BCUT2D eigenvalue weighted by Gasteiger charge is -2.10. The van der Waals surface area contributed by atoms with Crippen LogP contribution in [-0.4, -0.2) is 23.2 Å². The Morgan fingerprint density at radius 1 is 0.545 bits per heavy atom. The lowest BCUT2D eigenvalue weighted by atomic mass is 10.00. The van der Waals surface area contributed by atoms with Gasteiger partial charge in [-0.3, -0.25) is 9.97 Å². The molecular weight excluding hydrogens is 540 g/mol. The summed E-state index contributed by atoms with van der Waals surface area (Å²) in [6, 6.07) is 20.5. The van der Waals surface area contributed by atoms with Crippen molar-refractivity contribution >= 4 is 0 Å². The Balaban J connectivity index is 1.42. The third-order valence-electron chi connectivity index (χ3n) is 7.60. The van der Waals surface area contributed by atoms with E-state index in [0.717, 1.165) is 82.0 Å². The first-order chi connectivity index (χ1) is 21.6. The lowest BCUT2D eigenvalue weighted by molar-refractivity contribution is 0.117. The molecule has 4 nitrogen and oxygen atoms in total. The number of ether oxygens (including phenoxy) is 2. The molecule has 0 unspecified atom stereocenters. The van der Waals surface area contributed by atoms with Gasteiger partial charge in [0.05, 0.1) is 24.6 Å². The minimum atomic E-state index is 0.550. The van der Waals surface area contributed by atoms with E-state index in [0.29, 0.717) is 13.2 Å². The van der Waals surface area contributed by atoms with E-state index in [2.05, 4.69) is 50.0 Å². The lowest BCUT2D eigenvalue weighted by Crippen LogP contribution is -1.97. The van der Waals surface area contributed by atoms with Gasteiger partial charge in [0, 0.05) is 47.9 Å². The van der Waals surface area contributed by atoms with Crippen molar-refractivity contribution in [1.82, 2.24) is 9.97 Å². The summed E-state index contributed by atoms with van der Waals surface area (Å²) in [6.07, 6.45) is 24.8. The highest BCUT2D eigenvalue weighted by Gasteiger charge is 2.08. The fraction of sp³-hybridized carbons (Fsp3) is 0.350. The Hall–Kier alpha value is -4.22. The number of terminal acetylenes is 2. The zero-order valence-electron chi connectivity index (χ0n) is 26.3. The molecule has 0 radical (unpaired) electrons. The van der Waals surface area contributed by atoms with Gasteiger partial charge in [-0.15, -0.1) is 12.8 Å². The first kappa shape index (κ1) is 32.7. The average Bonchev–Trinajstić information content (AvgIpc) is 3.07. The van der Waals surface area contributed by atoms with Crippen molar-refractivity contribution in [3.05, 3.63) is 95.3 Å². The highest BCUT2D eigenvalue weighted by atomic mass is 16.5. The van der Waals surface area contributed by atoms with Crippen molar-refractivity contribution in [2.24, 2.45) is 0 Å². The number of aromatic nitrogens is 2. The van der Waals surface area contributed by atoms with Gasteiger partial charge in [0.25, 0.3) is 0 Å². The van der Waals surface area contributed by atoms with Crippen molar-refractivity contribution in [2.45, 2.75) is 78.4 Å². The van der Waals surface area contributed by atoms with Crippen LogP contribution >= 0.6 is 0 Å². The van der Waals surface area contributed by atoms with Gasteiger partial charge in [0.1, 0.15) is 0 Å². The van der Waals surface area contributed by atoms with Crippen molar-refractivity contribution in [3.63, 3.8) is 0 Å². The third kappa shape index (κ3) is 9.92. The molecule has 0 aliphatic rings. The van der Waals surface area contributed by atoms with Crippen molar-refractivity contribution in [1.29, 1.82) is 0 Å². The Bertz CT molecular complexity index is 1420. The van der Waals surface area contributed by atoms with Gasteiger partial charge in [0.2, 0.25) is 0 Å². The molecule has 226 valence electrons. The Morgan fingerprint density at radius 2 is 1.00 bits per heavy atom. The fourth-order valence-electron chi connectivity index (χ4n) is 5.12. The van der Waals surface area contributed by atoms with Gasteiger partial charge in [0.15, 0.2) is 0 Å². The quantitative estimate of drug-likeness (QED) is 0.0915. The molecule has 2 aromatic carbocycles. The van der Waals surface area contributed by atoms with Crippen LogP contribution in [0.1, 0.15) is 87.5 Å². The molecule has 44 heavy (non-hydrogen) atoms. The molecule has 0 bridgehead atoms. The first-order valence-electron chi connectivity index (χ1n) is 15.9. The van der Waals surface area contributed by atoms with Crippen LogP contribution in [0.25, 0.3) is 33.6 Å². The molecule has 4 heteroatoms. The Morgan fingerprint density at radius 3 is 1.36 bits per heavy atom. The van der Waals surface area contributed by atoms with Crippen molar-refractivity contribution < 1.29 is 9.47 Å². The maximum atomic E-state index is 5.92. The molecule has 0 saturated heterocycles. The zero-order chi connectivity index (χ0) is 31.0. The molecule has 0 atom stereocenters. The molecular formula is C40H44N2O2. The van der Waals surface area contributed by atoms with Crippen LogP contribution in [0.4, 0.5) is 0 Å². The summed E-state index contributed by atoms with van der Waals surface area (Å²) in [5, 5.41) is 0. The van der Waals surface area contributed by atoms with Crippen LogP contribution in [0.3, 0.4) is 0 Å². The number of pyridine rings is 2. The summed E-state index contributed by atoms with van der Waals surface area (Å²) in [5.41, 5.74) is 9.48. The van der Waals surface area contributed by atoms with Crippen molar-refractivity contribution in [2.75, 3.05) is 13.2 Å². The maximum Gasteiger partial charge on any atom is 0.0886 e. The largest absolute Gasteiger partial charge is 0.377 e. The molecule has 0 spiro atoms. The van der Waals surface area contributed by atoms with Crippen LogP contribution in [0.5, 0.6) is 0 Å². The fourth-order valence-corrected chi connectivity index (χ4v) is 5.12. The Labute approximate surface area is 264 Å². The predicted molar refractivity (Wildman–Crippen MR) is 182 cm³/mol. The van der Waals surface area contributed by atoms with Gasteiger partial charge in [-0.2, -0.15) is 0 Å². The number of hydrogen-bond donors (Lipinski definition) is 0. The smallest absolute Gasteiger partial charge is 0.0886 e. The molecule has 0 saturated carbocycles. The van der Waals surface area contributed by atoms with Crippen LogP contribution in [0.2, 0.25) is 0 Å². The summed E-state index contributed by atoms with van der Waals surface area (Å²) >= 11 is 0. The molecule has 0 N–H and O–H groups in total. The van der Waals surface area contributed by atoms with Gasteiger partial charge >= 0.3 is 0 Å². The maximum absolute atomic E-state index is 5.92. The SMILES string of the molecule is C#Cc1cc(COCCCCCC)cc(-c2ccc(-c3ccc(-c4cc(C#C)cc(COCCCCCC)c4)cn3)nc2)c1. The van der Waals surface area contributed by atoms with E-state index in [-0.39, 0.29) is 0 Å². The van der Waals surface area contributed by atoms with Crippen LogP contribution in [0, 0.1) is 24.7 Å². The van der Waals surface area contributed by atoms with E-state index in [1.165, 1.54) is 38.5 Å². The molecule has 0 fully saturated rings. The Kier molecular flexibility index (Phi) is 13.2. The minimum absolute atomic E-state index is 0.550. The molecule has 4 rings (SSSR count). The topological polar surface area (TPSA) is 44.2 Å². The van der Waals surface area contributed by atoms with Gasteiger partial charge in [-0.05, 0) is 83.6 Å². The van der Waals surface area contributed by atoms with E-state index >= 15 is 0 Å². The van der Waals surface area contributed by atoms with Gasteiger partial charge in [-0.25, -0.2) is 0 Å². The molecule has 4 aromatic rings. The molecule has 0 aliphatic heterocycles. The molecule has 0 aliphatic carbocycles. The van der Waals surface area contributed by atoms with Crippen LogP contribution < -0.4 is 0 Å². The predicted octanol–water partition coefficient (Wildman–Crippen LogP) is 9.63. The molecule has 2 heterocycles. The van der Waals surface area contributed by atoms with Crippen LogP contribution in [-0.2, 0) is 22.7 Å². The second-order valence-corrected chi connectivity index (χ2v) is 11.2. The average molecular weight is 585 g/mol. The molecule has 0 amide bonds. The standard InChI is InChI=1S/C40H44N2O2/c1-5-9-11-13-19-43-29-33-21-31(7-3)23-37(25-33)35-15-17-39(41-27-35)40-18-16-36(28-42-40)38-24-32(8-4)22-34(26-38)30-44-20-14-12-10-6-2/h3-4,15-18,21-28H,5-6,9-14,19-20,29-30H2,1-2H3. The van der Waals surface area contributed by atoms with Gasteiger partial charge < -0.3 is 9.47 Å². The van der Waals surface area contributed by atoms with E-state index < -0.39 is 0 Å². The van der Waals surface area contributed by atoms with E-state index in [1.807, 2.05) is 48.8 Å². The van der Waals surface area contributed by atoms with E-state index in [9.17, 15) is 0 Å². The monoisotopic (exact) mass is 584 g/mol. The van der Waals surface area contributed by atoms with E-state index in [4.69, 9.17) is 32.3 Å². The zero-order valence-corrected chi connectivity index (χ0v) is 26.3. The summed E-state index contributed by atoms with van der Waals surface area (Å²) in [7, 11) is 0. The second-order valence-electron chi connectivity index (χ2n) is 11.2.